The second-order valence-electron chi connectivity index (χ2n) is 7.62. The number of aromatic nitrogens is 1. The summed E-state index contributed by atoms with van der Waals surface area (Å²) in [6.45, 7) is 5.26. The summed E-state index contributed by atoms with van der Waals surface area (Å²) in [6.07, 6.45) is -2.39. The minimum absolute atomic E-state index is 0.0812. The number of nitrogens with zero attached hydrogens (tertiary/aromatic N) is 3. The van der Waals surface area contributed by atoms with E-state index in [1.807, 2.05) is 25.1 Å². The highest BCUT2D eigenvalue weighted by atomic mass is 32.2. The maximum absolute atomic E-state index is 12.3. The summed E-state index contributed by atoms with van der Waals surface area (Å²) in [4.78, 5) is 15.7. The van der Waals surface area contributed by atoms with Crippen LogP contribution in [0.25, 0.3) is 0 Å². The van der Waals surface area contributed by atoms with Gasteiger partial charge in [0, 0.05) is 37.3 Å². The first-order valence-corrected chi connectivity index (χ1v) is 10.4. The van der Waals surface area contributed by atoms with Gasteiger partial charge in [-0.3, -0.25) is 0 Å². The van der Waals surface area contributed by atoms with Crippen LogP contribution in [0.3, 0.4) is 0 Å². The fourth-order valence-corrected chi connectivity index (χ4v) is 5.53. The molecule has 0 aromatic carbocycles. The Balaban J connectivity index is 0.000000279. The number of aliphatic carboxylic acids is 1. The van der Waals surface area contributed by atoms with Crippen molar-refractivity contribution in [3.05, 3.63) is 23.9 Å². The summed E-state index contributed by atoms with van der Waals surface area (Å²) in [5.41, 5.74) is 1.19. The van der Waals surface area contributed by atoms with E-state index in [1.165, 1.54) is 0 Å². The van der Waals surface area contributed by atoms with Gasteiger partial charge >= 0.3 is 12.1 Å². The smallest absolute Gasteiger partial charge is 0.475 e. The maximum atomic E-state index is 12.3. The average molecular weight is 421 g/mol. The number of carboxylic acid groups (broad SMARTS) is 1. The van der Waals surface area contributed by atoms with Crippen molar-refractivity contribution < 1.29 is 31.5 Å². The second-order valence-corrected chi connectivity index (χ2v) is 9.84. The monoisotopic (exact) mass is 421 g/mol. The van der Waals surface area contributed by atoms with Crippen LogP contribution in [-0.2, 0) is 14.8 Å². The zero-order chi connectivity index (χ0) is 20.7. The number of aryl methyl sites for hydroxylation is 1. The van der Waals surface area contributed by atoms with Gasteiger partial charge in [0.25, 0.3) is 0 Å². The summed E-state index contributed by atoms with van der Waals surface area (Å²) >= 11 is 0. The van der Waals surface area contributed by atoms with E-state index >= 15 is 0 Å². The Morgan fingerprint density at radius 1 is 1.25 bits per heavy atom. The highest BCUT2D eigenvalue weighted by Gasteiger charge is 2.52. The fourth-order valence-electron chi connectivity index (χ4n) is 3.58. The number of anilines is 1. The van der Waals surface area contributed by atoms with Crippen molar-refractivity contribution >= 4 is 21.8 Å². The first-order chi connectivity index (χ1) is 12.9. The molecule has 0 radical (unpaired) electrons. The molecule has 1 spiro atoms. The van der Waals surface area contributed by atoms with Crippen LogP contribution in [0, 0.1) is 12.3 Å². The van der Waals surface area contributed by atoms with Crippen molar-refractivity contribution in [2.24, 2.45) is 5.41 Å². The Bertz CT molecular complexity index is 849. The number of rotatable bonds is 3. The van der Waals surface area contributed by atoms with Gasteiger partial charge in [-0.1, -0.05) is 6.07 Å². The molecule has 3 fully saturated rings. The van der Waals surface area contributed by atoms with E-state index < -0.39 is 22.2 Å². The quantitative estimate of drug-likeness (QED) is 0.803. The summed E-state index contributed by atoms with van der Waals surface area (Å²) < 4.78 is 58.1. The summed E-state index contributed by atoms with van der Waals surface area (Å²) in [5, 5.41) is 7.04. The predicted octanol–water partition coefficient (Wildman–Crippen LogP) is 2.03. The van der Waals surface area contributed by atoms with Crippen molar-refractivity contribution in [2.75, 3.05) is 31.1 Å². The Morgan fingerprint density at radius 3 is 2.36 bits per heavy atom. The molecule has 28 heavy (non-hydrogen) atoms. The molecule has 1 aromatic heterocycles. The van der Waals surface area contributed by atoms with Crippen LogP contribution in [0.1, 0.15) is 25.0 Å². The van der Waals surface area contributed by atoms with Gasteiger partial charge in [0.15, 0.2) is 0 Å². The first-order valence-electron chi connectivity index (χ1n) is 8.91. The largest absolute Gasteiger partial charge is 0.490 e. The molecular formula is C17H22F3N3O4S. The fraction of sp³-hybridized carbons (Fsp3) is 0.647. The van der Waals surface area contributed by atoms with Crippen LogP contribution in [0.15, 0.2) is 18.2 Å². The van der Waals surface area contributed by atoms with Gasteiger partial charge in [-0.25, -0.2) is 22.5 Å². The molecule has 1 saturated carbocycles. The Hall–Kier alpha value is -1.88. The molecule has 7 nitrogen and oxygen atoms in total. The molecule has 2 saturated heterocycles. The van der Waals surface area contributed by atoms with Gasteiger partial charge in [0.05, 0.1) is 5.25 Å². The van der Waals surface area contributed by atoms with Crippen LogP contribution in [-0.4, -0.2) is 66.4 Å². The number of pyridine rings is 1. The third-order valence-corrected chi connectivity index (χ3v) is 7.55. The van der Waals surface area contributed by atoms with Crippen LogP contribution < -0.4 is 4.90 Å². The molecule has 1 N–H and O–H groups in total. The number of hydrogen-bond donors (Lipinski definition) is 1. The molecule has 1 aliphatic carbocycles. The molecule has 0 unspecified atom stereocenters. The minimum Gasteiger partial charge on any atom is -0.475 e. The van der Waals surface area contributed by atoms with E-state index in [4.69, 9.17) is 9.90 Å². The molecule has 4 rings (SSSR count). The third kappa shape index (κ3) is 4.40. The van der Waals surface area contributed by atoms with E-state index in [1.54, 1.807) is 4.31 Å². The Labute approximate surface area is 161 Å². The third-order valence-electron chi connectivity index (χ3n) is 5.20. The minimum atomic E-state index is -5.08. The Morgan fingerprint density at radius 2 is 1.86 bits per heavy atom. The van der Waals surface area contributed by atoms with E-state index in [2.05, 4.69) is 9.88 Å². The predicted molar refractivity (Wildman–Crippen MR) is 95.4 cm³/mol. The topological polar surface area (TPSA) is 90.8 Å². The van der Waals surface area contributed by atoms with Crippen LogP contribution in [0.2, 0.25) is 0 Å². The van der Waals surface area contributed by atoms with Gasteiger partial charge in [-0.15, -0.1) is 0 Å². The SMILES string of the molecule is Cc1cccc(N2CC3(CCN(S(=O)(=O)C4CC4)C3)C2)n1.O=C(O)C(F)(F)F. The average Bonchev–Trinajstić information content (AvgIpc) is 3.32. The molecule has 3 heterocycles. The van der Waals surface area contributed by atoms with Crippen LogP contribution >= 0.6 is 0 Å². The van der Waals surface area contributed by atoms with Crippen molar-refractivity contribution in [3.8, 4) is 0 Å². The Kier molecular flexibility index (Phi) is 5.34. The molecule has 0 bridgehead atoms. The second kappa shape index (κ2) is 7.18. The van der Waals surface area contributed by atoms with Gasteiger partial charge in [0.2, 0.25) is 10.0 Å². The van der Waals surface area contributed by atoms with Crippen molar-refractivity contribution in [1.29, 1.82) is 0 Å². The number of alkyl halides is 3. The van der Waals surface area contributed by atoms with Crippen LogP contribution in [0.5, 0.6) is 0 Å². The molecule has 3 aliphatic rings. The molecule has 11 heteroatoms. The van der Waals surface area contributed by atoms with E-state index in [0.29, 0.717) is 13.1 Å². The molecule has 2 aliphatic heterocycles. The number of hydrogen-bond acceptors (Lipinski definition) is 5. The summed E-state index contributed by atoms with van der Waals surface area (Å²) in [5.74, 6) is -1.74. The normalized spacial score (nSPS) is 21.8. The summed E-state index contributed by atoms with van der Waals surface area (Å²) in [6, 6.07) is 6.06. The van der Waals surface area contributed by atoms with Gasteiger partial charge < -0.3 is 10.0 Å². The lowest BCUT2D eigenvalue weighted by atomic mass is 9.79. The van der Waals surface area contributed by atoms with Gasteiger partial charge in [-0.2, -0.15) is 13.2 Å². The van der Waals surface area contributed by atoms with E-state index in [9.17, 15) is 21.6 Å². The molecule has 1 aromatic rings. The zero-order valence-corrected chi connectivity index (χ0v) is 16.1. The van der Waals surface area contributed by atoms with Gasteiger partial charge in [-0.05, 0) is 38.3 Å². The standard InChI is InChI=1S/C15H21N3O2S.C2HF3O2/c1-12-3-2-4-14(16-12)17-9-15(10-17)7-8-18(11-15)21(19,20)13-5-6-13;3-2(4,5)1(6)7/h2-4,13H,5-11H2,1H3;(H,6,7). The van der Waals surface area contributed by atoms with E-state index in [-0.39, 0.29) is 10.7 Å². The maximum Gasteiger partial charge on any atom is 0.490 e. The van der Waals surface area contributed by atoms with Crippen molar-refractivity contribution in [2.45, 2.75) is 37.6 Å². The summed E-state index contributed by atoms with van der Waals surface area (Å²) in [7, 11) is -3.00. The molecule has 0 atom stereocenters. The number of sulfonamides is 1. The highest BCUT2D eigenvalue weighted by Crippen LogP contribution is 2.44. The zero-order valence-electron chi connectivity index (χ0n) is 15.3. The number of carboxylic acids is 1. The van der Waals surface area contributed by atoms with E-state index in [0.717, 1.165) is 43.9 Å². The van der Waals surface area contributed by atoms with Crippen molar-refractivity contribution in [1.82, 2.24) is 9.29 Å². The lowest BCUT2D eigenvalue weighted by molar-refractivity contribution is -0.192. The van der Waals surface area contributed by atoms with Gasteiger partial charge in [0.1, 0.15) is 5.82 Å². The first kappa shape index (κ1) is 20.8. The highest BCUT2D eigenvalue weighted by molar-refractivity contribution is 7.90. The molecular weight excluding hydrogens is 399 g/mol. The number of halogens is 3. The molecule has 156 valence electrons. The lowest BCUT2D eigenvalue weighted by Gasteiger charge is -2.48. The lowest BCUT2D eigenvalue weighted by Crippen LogP contribution is -2.58. The van der Waals surface area contributed by atoms with Crippen LogP contribution in [0.4, 0.5) is 19.0 Å². The van der Waals surface area contributed by atoms with Crippen molar-refractivity contribution in [3.63, 3.8) is 0 Å². The molecule has 0 amide bonds. The number of carbonyl (C=O) groups is 1.